The Hall–Kier alpha value is 0.310. The molecule has 1 saturated heterocycles. The van der Waals surface area contributed by atoms with Crippen molar-refractivity contribution in [3.63, 3.8) is 0 Å². The van der Waals surface area contributed by atoms with Gasteiger partial charge in [-0.25, -0.2) is 0 Å². The molecule has 1 nitrogen and oxygen atoms in total. The molecule has 9 heavy (non-hydrogen) atoms. The molecule has 1 atom stereocenters. The Balaban J connectivity index is 2.14. The van der Waals surface area contributed by atoms with Gasteiger partial charge in [-0.3, -0.25) is 0 Å². The largest absolute Gasteiger partial charge is 0.306 e. The van der Waals surface area contributed by atoms with E-state index in [9.17, 15) is 0 Å². The van der Waals surface area contributed by atoms with E-state index in [-0.39, 0.29) is 0 Å². The summed E-state index contributed by atoms with van der Waals surface area (Å²) in [6, 6.07) is 0. The van der Waals surface area contributed by atoms with E-state index in [1.54, 1.807) is 0 Å². The summed E-state index contributed by atoms with van der Waals surface area (Å²) in [5.41, 5.74) is 0. The van der Waals surface area contributed by atoms with Gasteiger partial charge in [0.2, 0.25) is 0 Å². The summed E-state index contributed by atoms with van der Waals surface area (Å²) in [7, 11) is 2.19. The Morgan fingerprint density at radius 1 is 1.67 bits per heavy atom. The molecule has 0 unspecified atom stereocenters. The SMILES string of the molecule is CN1CC[C@H](CCS)C1. The first-order valence-electron chi connectivity index (χ1n) is 3.62. The molecular formula is C7H15NS. The third-order valence-electron chi connectivity index (χ3n) is 2.03. The van der Waals surface area contributed by atoms with Crippen molar-refractivity contribution >= 4 is 12.6 Å². The number of rotatable bonds is 2. The van der Waals surface area contributed by atoms with E-state index in [4.69, 9.17) is 0 Å². The summed E-state index contributed by atoms with van der Waals surface area (Å²) in [4.78, 5) is 2.40. The van der Waals surface area contributed by atoms with E-state index in [1.165, 1.54) is 25.9 Å². The number of nitrogens with zero attached hydrogens (tertiary/aromatic N) is 1. The zero-order valence-corrected chi connectivity index (χ0v) is 6.90. The molecule has 0 aliphatic carbocycles. The molecule has 2 heteroatoms. The lowest BCUT2D eigenvalue weighted by Crippen LogP contribution is -2.14. The number of thiol groups is 1. The highest BCUT2D eigenvalue weighted by atomic mass is 32.1. The molecule has 0 aromatic carbocycles. The smallest absolute Gasteiger partial charge is 0.000738 e. The molecule has 54 valence electrons. The summed E-state index contributed by atoms with van der Waals surface area (Å²) >= 11 is 4.21. The van der Waals surface area contributed by atoms with Crippen molar-refractivity contribution in [3.8, 4) is 0 Å². The highest BCUT2D eigenvalue weighted by Crippen LogP contribution is 2.17. The Bertz CT molecular complexity index is 83.0. The second-order valence-electron chi connectivity index (χ2n) is 2.93. The lowest BCUT2D eigenvalue weighted by atomic mass is 10.1. The van der Waals surface area contributed by atoms with Gasteiger partial charge in [-0.1, -0.05) is 0 Å². The summed E-state index contributed by atoms with van der Waals surface area (Å²) in [5.74, 6) is 1.99. The average Bonchev–Trinajstić information content (AvgIpc) is 2.17. The van der Waals surface area contributed by atoms with Gasteiger partial charge in [-0.15, -0.1) is 0 Å². The minimum Gasteiger partial charge on any atom is -0.306 e. The molecule has 0 bridgehead atoms. The van der Waals surface area contributed by atoms with Crippen molar-refractivity contribution in [1.29, 1.82) is 0 Å². The zero-order valence-electron chi connectivity index (χ0n) is 6.01. The van der Waals surface area contributed by atoms with Crippen molar-refractivity contribution < 1.29 is 0 Å². The van der Waals surface area contributed by atoms with Crippen molar-refractivity contribution in [2.45, 2.75) is 12.8 Å². The van der Waals surface area contributed by atoms with Crippen LogP contribution in [0.25, 0.3) is 0 Å². The van der Waals surface area contributed by atoms with Gasteiger partial charge in [-0.2, -0.15) is 12.6 Å². The lowest BCUT2D eigenvalue weighted by Gasteiger charge is -2.07. The van der Waals surface area contributed by atoms with Gasteiger partial charge in [0, 0.05) is 6.54 Å². The Morgan fingerprint density at radius 2 is 2.44 bits per heavy atom. The van der Waals surface area contributed by atoms with Crippen molar-refractivity contribution in [2.75, 3.05) is 25.9 Å². The van der Waals surface area contributed by atoms with E-state index in [0.29, 0.717) is 0 Å². The average molecular weight is 145 g/mol. The Labute approximate surface area is 62.8 Å². The van der Waals surface area contributed by atoms with Crippen LogP contribution in [-0.4, -0.2) is 30.8 Å². The molecule has 0 aromatic rings. The molecule has 0 aromatic heterocycles. The normalized spacial score (nSPS) is 29.3. The Morgan fingerprint density at radius 3 is 2.89 bits per heavy atom. The van der Waals surface area contributed by atoms with Gasteiger partial charge >= 0.3 is 0 Å². The van der Waals surface area contributed by atoms with Crippen molar-refractivity contribution in [2.24, 2.45) is 5.92 Å². The first-order valence-corrected chi connectivity index (χ1v) is 4.25. The lowest BCUT2D eigenvalue weighted by molar-refractivity contribution is 0.393. The second-order valence-corrected chi connectivity index (χ2v) is 3.38. The fourth-order valence-corrected chi connectivity index (χ4v) is 1.81. The van der Waals surface area contributed by atoms with Crippen molar-refractivity contribution in [1.82, 2.24) is 4.90 Å². The molecule has 1 fully saturated rings. The summed E-state index contributed by atoms with van der Waals surface area (Å²) in [6.07, 6.45) is 2.69. The minimum absolute atomic E-state index is 0.937. The fraction of sp³-hybridized carbons (Fsp3) is 1.00. The predicted molar refractivity (Wildman–Crippen MR) is 44.1 cm³/mol. The van der Waals surface area contributed by atoms with Crippen LogP contribution in [-0.2, 0) is 0 Å². The molecule has 1 aliphatic rings. The van der Waals surface area contributed by atoms with Crippen LogP contribution in [0.2, 0.25) is 0 Å². The molecule has 0 radical (unpaired) electrons. The maximum absolute atomic E-state index is 4.21. The van der Waals surface area contributed by atoms with Gasteiger partial charge in [0.15, 0.2) is 0 Å². The number of hydrogen-bond acceptors (Lipinski definition) is 2. The highest BCUT2D eigenvalue weighted by molar-refractivity contribution is 7.80. The van der Waals surface area contributed by atoms with Crippen LogP contribution >= 0.6 is 12.6 Å². The van der Waals surface area contributed by atoms with E-state index in [1.807, 2.05) is 0 Å². The predicted octanol–water partition coefficient (Wildman–Crippen LogP) is 1.26. The minimum atomic E-state index is 0.937. The summed E-state index contributed by atoms with van der Waals surface area (Å²) in [6.45, 7) is 2.58. The monoisotopic (exact) mass is 145 g/mol. The molecule has 1 aliphatic heterocycles. The van der Waals surface area contributed by atoms with Crippen LogP contribution in [0.1, 0.15) is 12.8 Å². The van der Waals surface area contributed by atoms with E-state index in [2.05, 4.69) is 24.6 Å². The molecular weight excluding hydrogens is 130 g/mol. The van der Waals surface area contributed by atoms with Gasteiger partial charge < -0.3 is 4.90 Å². The van der Waals surface area contributed by atoms with Gasteiger partial charge in [-0.05, 0) is 38.1 Å². The maximum atomic E-state index is 4.21. The second kappa shape index (κ2) is 3.47. The molecule has 1 rings (SSSR count). The summed E-state index contributed by atoms with van der Waals surface area (Å²) < 4.78 is 0. The van der Waals surface area contributed by atoms with Gasteiger partial charge in [0.25, 0.3) is 0 Å². The van der Waals surface area contributed by atoms with Crippen LogP contribution in [0.4, 0.5) is 0 Å². The fourth-order valence-electron chi connectivity index (χ4n) is 1.44. The van der Waals surface area contributed by atoms with Crippen LogP contribution in [0.3, 0.4) is 0 Å². The quantitative estimate of drug-likeness (QED) is 0.572. The number of hydrogen-bond donors (Lipinski definition) is 1. The Kier molecular flexibility index (Phi) is 2.86. The molecule has 0 spiro atoms. The standard InChI is InChI=1S/C7H15NS/c1-8-4-2-7(6-8)3-5-9/h7,9H,2-6H2,1H3/t7-/m1/s1. The van der Waals surface area contributed by atoms with Gasteiger partial charge in [0.1, 0.15) is 0 Å². The van der Waals surface area contributed by atoms with Gasteiger partial charge in [0.05, 0.1) is 0 Å². The zero-order chi connectivity index (χ0) is 6.69. The third-order valence-corrected chi connectivity index (χ3v) is 2.28. The van der Waals surface area contributed by atoms with Crippen LogP contribution in [0.15, 0.2) is 0 Å². The highest BCUT2D eigenvalue weighted by Gasteiger charge is 2.17. The molecule has 0 amide bonds. The van der Waals surface area contributed by atoms with E-state index < -0.39 is 0 Å². The molecule has 0 saturated carbocycles. The van der Waals surface area contributed by atoms with Crippen LogP contribution < -0.4 is 0 Å². The number of likely N-dealkylation sites (tertiary alicyclic amines) is 1. The maximum Gasteiger partial charge on any atom is 0.000738 e. The first kappa shape index (κ1) is 7.42. The molecule has 1 heterocycles. The van der Waals surface area contributed by atoms with E-state index >= 15 is 0 Å². The topological polar surface area (TPSA) is 3.24 Å². The van der Waals surface area contributed by atoms with Crippen molar-refractivity contribution in [3.05, 3.63) is 0 Å². The first-order chi connectivity index (χ1) is 4.33. The van der Waals surface area contributed by atoms with Crippen LogP contribution in [0.5, 0.6) is 0 Å². The van der Waals surface area contributed by atoms with E-state index in [0.717, 1.165) is 11.7 Å². The summed E-state index contributed by atoms with van der Waals surface area (Å²) in [5, 5.41) is 0. The third kappa shape index (κ3) is 2.18. The van der Waals surface area contributed by atoms with Crippen LogP contribution in [0, 0.1) is 5.92 Å². The molecule has 0 N–H and O–H groups in total.